The van der Waals surface area contributed by atoms with E-state index in [1.165, 1.54) is 0 Å². The van der Waals surface area contributed by atoms with Crippen LogP contribution in [0.1, 0.15) is 23.2 Å². The lowest BCUT2D eigenvalue weighted by atomic mass is 10.1. The van der Waals surface area contributed by atoms with Crippen molar-refractivity contribution in [2.45, 2.75) is 18.9 Å². The fourth-order valence-corrected chi connectivity index (χ4v) is 3.05. The zero-order valence-electron chi connectivity index (χ0n) is 14.5. The highest BCUT2D eigenvalue weighted by Crippen LogP contribution is 2.23. The van der Waals surface area contributed by atoms with Crippen molar-refractivity contribution in [3.63, 3.8) is 0 Å². The van der Waals surface area contributed by atoms with Gasteiger partial charge in [-0.15, -0.1) is 31.4 Å². The Morgan fingerprint density at radius 2 is 2.12 bits per heavy atom. The van der Waals surface area contributed by atoms with Crippen molar-refractivity contribution in [1.82, 2.24) is 25.6 Å². The standard InChI is InChI=1S/C16H21N5O2.2ClH.H2O/c1-3-6-21-7-4-5-11(21)10-17-16(22)12-8-13-14(19-20-18-13)9-15(12)23-2;;;/h3,8-9,11H,1,4-7,10H2,2H3,(H,17,22)(H,18,19,20);2*1H;1H2. The molecule has 1 amide bonds. The molecule has 0 spiro atoms. The molecule has 26 heavy (non-hydrogen) atoms. The zero-order chi connectivity index (χ0) is 16.2. The number of ether oxygens (including phenoxy) is 1. The van der Waals surface area contributed by atoms with Crippen LogP contribution in [-0.4, -0.2) is 64.5 Å². The molecule has 0 bridgehead atoms. The number of rotatable bonds is 6. The van der Waals surface area contributed by atoms with E-state index in [1.54, 1.807) is 19.2 Å². The third-order valence-electron chi connectivity index (χ3n) is 4.24. The highest BCUT2D eigenvalue weighted by molar-refractivity contribution is 6.00. The molecule has 3 rings (SSSR count). The molecule has 0 radical (unpaired) electrons. The maximum absolute atomic E-state index is 12.5. The van der Waals surface area contributed by atoms with Crippen LogP contribution in [0.15, 0.2) is 24.8 Å². The number of methoxy groups -OCH3 is 1. The van der Waals surface area contributed by atoms with E-state index in [4.69, 9.17) is 4.74 Å². The number of fused-ring (bicyclic) bond motifs is 1. The van der Waals surface area contributed by atoms with Crippen molar-refractivity contribution >= 4 is 41.8 Å². The molecular formula is C16H25Cl2N5O3. The molecule has 4 N–H and O–H groups in total. The van der Waals surface area contributed by atoms with Crippen molar-refractivity contribution in [3.8, 4) is 5.75 Å². The van der Waals surface area contributed by atoms with E-state index in [2.05, 4.69) is 32.2 Å². The van der Waals surface area contributed by atoms with Crippen molar-refractivity contribution < 1.29 is 15.0 Å². The van der Waals surface area contributed by atoms with Crippen LogP contribution in [0.25, 0.3) is 11.0 Å². The lowest BCUT2D eigenvalue weighted by molar-refractivity contribution is 0.0939. The summed E-state index contributed by atoms with van der Waals surface area (Å²) in [5.41, 5.74) is 1.79. The second kappa shape index (κ2) is 11.0. The summed E-state index contributed by atoms with van der Waals surface area (Å²) in [5.74, 6) is 0.343. The van der Waals surface area contributed by atoms with Gasteiger partial charge in [0, 0.05) is 25.2 Å². The van der Waals surface area contributed by atoms with Crippen LogP contribution in [0.3, 0.4) is 0 Å². The quantitative estimate of drug-likeness (QED) is 0.704. The number of halogens is 2. The summed E-state index contributed by atoms with van der Waals surface area (Å²) in [6.07, 6.45) is 4.15. The molecule has 0 aliphatic carbocycles. The van der Waals surface area contributed by atoms with Gasteiger partial charge in [-0.25, -0.2) is 0 Å². The normalized spacial score (nSPS) is 16.1. The number of carbonyl (C=O) groups excluding carboxylic acids is 1. The van der Waals surface area contributed by atoms with Crippen LogP contribution >= 0.6 is 24.8 Å². The minimum Gasteiger partial charge on any atom is -0.496 e. The Kier molecular flexibility index (Phi) is 10.2. The van der Waals surface area contributed by atoms with Gasteiger partial charge in [0.25, 0.3) is 5.91 Å². The summed E-state index contributed by atoms with van der Waals surface area (Å²) in [5, 5.41) is 13.6. The Morgan fingerprint density at radius 1 is 1.42 bits per heavy atom. The number of aromatic nitrogens is 3. The maximum Gasteiger partial charge on any atom is 0.255 e. The van der Waals surface area contributed by atoms with E-state index >= 15 is 0 Å². The maximum atomic E-state index is 12.5. The minimum absolute atomic E-state index is 0. The van der Waals surface area contributed by atoms with Crippen LogP contribution in [0.4, 0.5) is 0 Å². The minimum atomic E-state index is -0.155. The number of amides is 1. The van der Waals surface area contributed by atoms with Gasteiger partial charge in [0.15, 0.2) is 0 Å². The molecule has 1 atom stereocenters. The number of benzene rings is 1. The Morgan fingerprint density at radius 3 is 2.77 bits per heavy atom. The van der Waals surface area contributed by atoms with Gasteiger partial charge in [-0.05, 0) is 25.5 Å². The molecule has 10 heteroatoms. The van der Waals surface area contributed by atoms with Crippen molar-refractivity contribution in [2.24, 2.45) is 0 Å². The third kappa shape index (κ3) is 5.07. The first kappa shape index (κ1) is 24.1. The average molecular weight is 406 g/mol. The van der Waals surface area contributed by atoms with Gasteiger partial charge in [0.1, 0.15) is 16.8 Å². The average Bonchev–Trinajstić information content (AvgIpc) is 3.20. The predicted molar refractivity (Wildman–Crippen MR) is 106 cm³/mol. The molecule has 1 fully saturated rings. The SMILES string of the molecule is C=CCN1CCCC1CNC(=O)c1cc2n[nH]nc2cc1OC.Cl.Cl.O. The van der Waals surface area contributed by atoms with Crippen LogP contribution in [0, 0.1) is 0 Å². The molecule has 146 valence electrons. The van der Waals surface area contributed by atoms with Crippen molar-refractivity contribution in [3.05, 3.63) is 30.4 Å². The van der Waals surface area contributed by atoms with E-state index in [-0.39, 0.29) is 36.2 Å². The second-order valence-corrected chi connectivity index (χ2v) is 5.65. The summed E-state index contributed by atoms with van der Waals surface area (Å²) in [6, 6.07) is 3.77. The Hall–Kier alpha value is -1.87. The molecule has 1 aromatic carbocycles. The summed E-state index contributed by atoms with van der Waals surface area (Å²) < 4.78 is 5.31. The van der Waals surface area contributed by atoms with Gasteiger partial charge in [0.2, 0.25) is 0 Å². The number of aromatic amines is 1. The van der Waals surface area contributed by atoms with E-state index in [0.717, 1.165) is 25.9 Å². The first-order chi connectivity index (χ1) is 11.2. The number of nitrogens with zero attached hydrogens (tertiary/aromatic N) is 3. The predicted octanol–water partition coefficient (Wildman–Crippen LogP) is 1.37. The molecular weight excluding hydrogens is 381 g/mol. The summed E-state index contributed by atoms with van der Waals surface area (Å²) in [7, 11) is 1.54. The van der Waals surface area contributed by atoms with Crippen LogP contribution in [0.2, 0.25) is 0 Å². The van der Waals surface area contributed by atoms with Crippen LogP contribution < -0.4 is 10.1 Å². The Bertz CT molecular complexity index is 725. The van der Waals surface area contributed by atoms with Gasteiger partial charge in [0.05, 0.1) is 12.7 Å². The highest BCUT2D eigenvalue weighted by Gasteiger charge is 2.24. The molecule has 1 saturated heterocycles. The number of hydrogen-bond acceptors (Lipinski definition) is 5. The Balaban J connectivity index is 0.00000208. The summed E-state index contributed by atoms with van der Waals surface area (Å²) >= 11 is 0. The van der Waals surface area contributed by atoms with Crippen molar-refractivity contribution in [1.29, 1.82) is 0 Å². The monoisotopic (exact) mass is 405 g/mol. The first-order valence-corrected chi connectivity index (χ1v) is 7.74. The highest BCUT2D eigenvalue weighted by atomic mass is 35.5. The first-order valence-electron chi connectivity index (χ1n) is 7.74. The lowest BCUT2D eigenvalue weighted by Gasteiger charge is -2.23. The molecule has 2 aromatic rings. The topological polar surface area (TPSA) is 115 Å². The molecule has 8 nitrogen and oxygen atoms in total. The smallest absolute Gasteiger partial charge is 0.255 e. The number of likely N-dealkylation sites (tertiary alicyclic amines) is 1. The van der Waals surface area contributed by atoms with Gasteiger partial charge in [-0.1, -0.05) is 6.08 Å². The zero-order valence-corrected chi connectivity index (χ0v) is 16.2. The molecule has 1 unspecified atom stereocenters. The largest absolute Gasteiger partial charge is 0.496 e. The lowest BCUT2D eigenvalue weighted by Crippen LogP contribution is -2.40. The fraction of sp³-hybridized carbons (Fsp3) is 0.438. The molecule has 1 aliphatic rings. The van der Waals surface area contributed by atoms with Gasteiger partial charge < -0.3 is 15.5 Å². The third-order valence-corrected chi connectivity index (χ3v) is 4.24. The number of hydrogen-bond donors (Lipinski definition) is 2. The van der Waals surface area contributed by atoms with E-state index in [1.807, 2.05) is 6.08 Å². The van der Waals surface area contributed by atoms with E-state index < -0.39 is 0 Å². The van der Waals surface area contributed by atoms with Gasteiger partial charge in [-0.3, -0.25) is 9.69 Å². The summed E-state index contributed by atoms with van der Waals surface area (Å²) in [6.45, 7) is 6.32. The van der Waals surface area contributed by atoms with Crippen molar-refractivity contribution in [2.75, 3.05) is 26.7 Å². The molecule has 1 aromatic heterocycles. The molecule has 1 aliphatic heterocycles. The molecule has 2 heterocycles. The van der Waals surface area contributed by atoms with E-state index in [0.29, 0.717) is 34.9 Å². The molecule has 0 saturated carbocycles. The van der Waals surface area contributed by atoms with Crippen LogP contribution in [0.5, 0.6) is 5.75 Å². The number of H-pyrrole nitrogens is 1. The van der Waals surface area contributed by atoms with Crippen LogP contribution in [-0.2, 0) is 0 Å². The van der Waals surface area contributed by atoms with Gasteiger partial charge >= 0.3 is 0 Å². The van der Waals surface area contributed by atoms with Gasteiger partial charge in [-0.2, -0.15) is 15.4 Å². The van der Waals surface area contributed by atoms with E-state index in [9.17, 15) is 4.79 Å². The fourth-order valence-electron chi connectivity index (χ4n) is 3.05. The number of carbonyl (C=O) groups is 1. The number of nitrogens with one attached hydrogen (secondary N) is 2. The summed E-state index contributed by atoms with van der Waals surface area (Å²) in [4.78, 5) is 14.9. The second-order valence-electron chi connectivity index (χ2n) is 5.65. The Labute approximate surface area is 164 Å².